The summed E-state index contributed by atoms with van der Waals surface area (Å²) in [4.78, 5) is 9.02. The average Bonchev–Trinajstić information content (AvgIpc) is 3.58. The van der Waals surface area contributed by atoms with Crippen LogP contribution in [0.3, 0.4) is 0 Å². The molecule has 0 fully saturated rings. The molecule has 0 aliphatic rings. The minimum absolute atomic E-state index is 0.0835. The van der Waals surface area contributed by atoms with E-state index in [4.69, 9.17) is 8.83 Å². The van der Waals surface area contributed by atoms with Gasteiger partial charge in [-0.3, -0.25) is 0 Å². The Kier molecular flexibility index (Phi) is 5.14. The Morgan fingerprint density at radius 3 is 1.79 bits per heavy atom. The van der Waals surface area contributed by atoms with E-state index in [9.17, 15) is 21.0 Å². The molecule has 6 rings (SSSR count). The second kappa shape index (κ2) is 8.77. The van der Waals surface area contributed by atoms with E-state index in [1.807, 2.05) is 91.0 Å². The summed E-state index contributed by atoms with van der Waals surface area (Å²) in [6.07, 6.45) is 0. The van der Waals surface area contributed by atoms with Gasteiger partial charge in [0.1, 0.15) is 35.3 Å². The van der Waals surface area contributed by atoms with E-state index in [-0.39, 0.29) is 22.2 Å². The Balaban J connectivity index is 1.91. The summed E-state index contributed by atoms with van der Waals surface area (Å²) >= 11 is 0. The maximum atomic E-state index is 9.49. The van der Waals surface area contributed by atoms with Gasteiger partial charge in [0.15, 0.2) is 22.3 Å². The Morgan fingerprint density at radius 2 is 1.18 bits per heavy atom. The lowest BCUT2D eigenvalue weighted by Gasteiger charge is -2.11. The van der Waals surface area contributed by atoms with Gasteiger partial charge < -0.3 is 8.83 Å². The molecule has 0 unspecified atom stereocenters. The number of fused-ring (bicyclic) bond motifs is 4. The van der Waals surface area contributed by atoms with Gasteiger partial charge in [0.05, 0.1) is 0 Å². The molecule has 0 aliphatic heterocycles. The summed E-state index contributed by atoms with van der Waals surface area (Å²) in [5.74, 6) is 0. The zero-order chi connectivity index (χ0) is 26.2. The van der Waals surface area contributed by atoms with Crippen LogP contribution in [0.5, 0.6) is 0 Å². The number of rotatable bonds is 2. The lowest BCUT2D eigenvalue weighted by atomic mass is 9.93. The van der Waals surface area contributed by atoms with Crippen molar-refractivity contribution in [1.29, 1.82) is 21.0 Å². The second-order valence-corrected chi connectivity index (χ2v) is 8.27. The molecule has 2 heterocycles. The maximum absolute atomic E-state index is 9.49. The van der Waals surface area contributed by atoms with Crippen LogP contribution in [0, 0.1) is 45.3 Å². The molecule has 0 aliphatic carbocycles. The Labute approximate surface area is 214 Å². The highest BCUT2D eigenvalue weighted by molar-refractivity contribution is 6.20. The van der Waals surface area contributed by atoms with Crippen LogP contribution < -0.4 is 11.1 Å². The van der Waals surface area contributed by atoms with Crippen molar-refractivity contribution >= 4 is 44.1 Å². The van der Waals surface area contributed by atoms with E-state index >= 15 is 0 Å². The monoisotopic (exact) mass is 488 g/mol. The van der Waals surface area contributed by atoms with Crippen molar-refractivity contribution in [3.8, 4) is 46.5 Å². The topological polar surface area (TPSA) is 147 Å². The number of oxazole rings is 2. The van der Waals surface area contributed by atoms with Crippen LogP contribution in [0.1, 0.15) is 0 Å². The number of aromatic nitrogens is 2. The standard InChI is InChI=1S/C30H12N6O2/c31-13-20(14-32)29-35-23-12-19-11-22(17-7-3-1-4-8-17)26-28(38-30(36-26)21(15-33)16-34)25(19)24(27(23)37-29)18-9-5-2-6-10-18/h1-12H. The highest BCUT2D eigenvalue weighted by atomic mass is 16.3. The number of nitrogens with zero attached hydrogens (tertiary/aromatic N) is 6. The Hall–Kier alpha value is -6.22. The third-order valence-corrected chi connectivity index (χ3v) is 6.14. The molecule has 0 amide bonds. The van der Waals surface area contributed by atoms with Crippen molar-refractivity contribution in [1.82, 2.24) is 9.97 Å². The highest BCUT2D eigenvalue weighted by Gasteiger charge is 2.22. The molecule has 0 spiro atoms. The predicted molar refractivity (Wildman–Crippen MR) is 138 cm³/mol. The van der Waals surface area contributed by atoms with E-state index < -0.39 is 0 Å². The van der Waals surface area contributed by atoms with Gasteiger partial charge in [-0.25, -0.2) is 9.97 Å². The second-order valence-electron chi connectivity index (χ2n) is 8.27. The van der Waals surface area contributed by atoms with Crippen LogP contribution >= 0.6 is 0 Å². The molecule has 174 valence electrons. The summed E-state index contributed by atoms with van der Waals surface area (Å²) in [6.45, 7) is 0. The molecule has 38 heavy (non-hydrogen) atoms. The first-order valence-electron chi connectivity index (χ1n) is 11.3. The van der Waals surface area contributed by atoms with Crippen LogP contribution in [0.2, 0.25) is 0 Å². The largest absolute Gasteiger partial charge is 0.434 e. The van der Waals surface area contributed by atoms with Gasteiger partial charge in [0.2, 0.25) is 11.1 Å². The van der Waals surface area contributed by atoms with Gasteiger partial charge in [0, 0.05) is 16.5 Å². The molecular formula is C30H12N6O2. The number of hydrogen-bond acceptors (Lipinski definition) is 8. The molecule has 0 atom stereocenters. The first-order valence-corrected chi connectivity index (χ1v) is 11.3. The van der Waals surface area contributed by atoms with E-state index in [0.29, 0.717) is 33.1 Å². The van der Waals surface area contributed by atoms with E-state index in [2.05, 4.69) is 9.97 Å². The highest BCUT2D eigenvalue weighted by Crippen LogP contribution is 2.42. The zero-order valence-corrected chi connectivity index (χ0v) is 19.4. The minimum atomic E-state index is -0.250. The van der Waals surface area contributed by atoms with Crippen LogP contribution in [0.25, 0.3) is 66.4 Å². The summed E-state index contributed by atoms with van der Waals surface area (Å²) in [6, 6.07) is 30.1. The zero-order valence-electron chi connectivity index (χ0n) is 19.4. The van der Waals surface area contributed by atoms with Crippen LogP contribution in [0.4, 0.5) is 0 Å². The average molecular weight is 488 g/mol. The van der Waals surface area contributed by atoms with Gasteiger partial charge in [-0.2, -0.15) is 21.0 Å². The van der Waals surface area contributed by atoms with Crippen molar-refractivity contribution in [3.05, 3.63) is 83.9 Å². The molecule has 0 N–H and O–H groups in total. The molecule has 2 aromatic heterocycles. The third-order valence-electron chi connectivity index (χ3n) is 6.14. The number of hydrogen-bond donors (Lipinski definition) is 0. The third kappa shape index (κ3) is 3.35. The molecule has 8 nitrogen and oxygen atoms in total. The lowest BCUT2D eigenvalue weighted by molar-refractivity contribution is 0.558. The fraction of sp³-hybridized carbons (Fsp3) is 0. The van der Waals surface area contributed by atoms with Crippen LogP contribution in [-0.2, 0) is 0 Å². The Bertz CT molecular complexity index is 2180. The maximum Gasteiger partial charge on any atom is 0.249 e. The fourth-order valence-electron chi connectivity index (χ4n) is 4.51. The van der Waals surface area contributed by atoms with Crippen molar-refractivity contribution in [3.63, 3.8) is 0 Å². The molecular weight excluding hydrogens is 476 g/mol. The lowest BCUT2D eigenvalue weighted by Crippen LogP contribution is -2.03. The van der Waals surface area contributed by atoms with E-state index in [1.165, 1.54) is 0 Å². The number of benzene rings is 4. The number of nitriles is 4. The molecule has 4 aromatic carbocycles. The van der Waals surface area contributed by atoms with Crippen molar-refractivity contribution < 1.29 is 8.83 Å². The van der Waals surface area contributed by atoms with Crippen molar-refractivity contribution in [2.75, 3.05) is 0 Å². The normalized spacial score (nSPS) is 10.5. The predicted octanol–water partition coefficient (Wildman–Crippen LogP) is 4.85. The van der Waals surface area contributed by atoms with Gasteiger partial charge in [0.25, 0.3) is 0 Å². The van der Waals surface area contributed by atoms with Crippen LogP contribution in [-0.4, -0.2) is 9.97 Å². The van der Waals surface area contributed by atoms with Crippen molar-refractivity contribution in [2.45, 2.75) is 0 Å². The molecule has 0 saturated heterocycles. The van der Waals surface area contributed by atoms with Gasteiger partial charge in [-0.05, 0) is 28.6 Å². The summed E-state index contributed by atoms with van der Waals surface area (Å²) in [7, 11) is 0. The minimum Gasteiger partial charge on any atom is -0.434 e. The fourth-order valence-corrected chi connectivity index (χ4v) is 4.51. The molecule has 0 bridgehead atoms. The summed E-state index contributed by atoms with van der Waals surface area (Å²) < 4.78 is 12.1. The molecule has 8 heteroatoms. The van der Waals surface area contributed by atoms with E-state index in [0.717, 1.165) is 22.1 Å². The van der Waals surface area contributed by atoms with Crippen molar-refractivity contribution in [2.24, 2.45) is 0 Å². The van der Waals surface area contributed by atoms with Gasteiger partial charge in [-0.1, -0.05) is 60.7 Å². The smallest absolute Gasteiger partial charge is 0.249 e. The quantitative estimate of drug-likeness (QED) is 0.336. The van der Waals surface area contributed by atoms with E-state index in [1.54, 1.807) is 6.07 Å². The van der Waals surface area contributed by atoms with Gasteiger partial charge >= 0.3 is 0 Å². The SMILES string of the molecule is N#CC(C#N)=c1nc2cc3cc(-c4ccccc4)c4nc(=C(C#N)C#N)oc4c3c(-c3ccccc3)c2o1. The molecule has 6 aromatic rings. The van der Waals surface area contributed by atoms with Crippen LogP contribution in [0.15, 0.2) is 81.6 Å². The first-order chi connectivity index (χ1) is 18.7. The molecule has 0 radical (unpaired) electrons. The summed E-state index contributed by atoms with van der Waals surface area (Å²) in [5, 5.41) is 39.1. The Morgan fingerprint density at radius 1 is 0.632 bits per heavy atom. The summed E-state index contributed by atoms with van der Waals surface area (Å²) in [5.41, 5.74) is 3.98. The first kappa shape index (κ1) is 22.3. The van der Waals surface area contributed by atoms with Gasteiger partial charge in [-0.15, -0.1) is 0 Å². The molecule has 0 saturated carbocycles.